The molecule has 1 aromatic heterocycles. The molecule has 2 atom stereocenters. The molecule has 1 aromatic carbocycles. The Hall–Kier alpha value is -1.60. The normalized spacial score (nSPS) is 25.7. The number of nitrogens with two attached hydrogens (primary N) is 1. The van der Waals surface area contributed by atoms with E-state index in [4.69, 9.17) is 37.8 Å². The van der Waals surface area contributed by atoms with Crippen molar-refractivity contribution in [2.45, 2.75) is 45.7 Å². The molecule has 8 heteroatoms. The number of halogens is 2. The number of aromatic nitrogens is 2. The van der Waals surface area contributed by atoms with Gasteiger partial charge in [-0.15, -0.1) is 0 Å². The van der Waals surface area contributed by atoms with Gasteiger partial charge in [0, 0.05) is 28.7 Å². The summed E-state index contributed by atoms with van der Waals surface area (Å²) in [5.41, 5.74) is 5.57. The van der Waals surface area contributed by atoms with Crippen LogP contribution in [0, 0.1) is 19.2 Å². The van der Waals surface area contributed by atoms with Gasteiger partial charge in [-0.3, -0.25) is 9.36 Å². The summed E-state index contributed by atoms with van der Waals surface area (Å²) in [6.07, 6.45) is 1.47. The Morgan fingerprint density at radius 1 is 1.34 bits per heavy atom. The Morgan fingerprint density at radius 3 is 2.69 bits per heavy atom. The minimum absolute atomic E-state index is 0.00812. The third kappa shape index (κ3) is 3.36. The van der Waals surface area contributed by atoms with Crippen molar-refractivity contribution in [3.05, 3.63) is 50.0 Å². The van der Waals surface area contributed by atoms with Crippen molar-refractivity contribution in [1.82, 2.24) is 9.55 Å². The third-order valence-electron chi connectivity index (χ3n) is 6.31. The average Bonchev–Trinajstić information content (AvgIpc) is 2.99. The van der Waals surface area contributed by atoms with E-state index in [1.165, 1.54) is 4.57 Å². The smallest absolute Gasteiger partial charge is 0.263 e. The van der Waals surface area contributed by atoms with Crippen LogP contribution in [0.5, 0.6) is 0 Å². The molecular weight excluding hydrogens is 411 g/mol. The van der Waals surface area contributed by atoms with Crippen LogP contribution in [0.15, 0.2) is 23.0 Å². The molecule has 29 heavy (non-hydrogen) atoms. The highest BCUT2D eigenvalue weighted by Crippen LogP contribution is 2.42. The Kier molecular flexibility index (Phi) is 4.47. The largest absolute Gasteiger partial charge is 0.376 e. The lowest BCUT2D eigenvalue weighted by Crippen LogP contribution is -2.51. The van der Waals surface area contributed by atoms with Gasteiger partial charge in [-0.25, -0.2) is 4.98 Å². The third-order valence-corrected chi connectivity index (χ3v) is 7.12. The van der Waals surface area contributed by atoms with E-state index in [-0.39, 0.29) is 39.0 Å². The first-order valence-electron chi connectivity index (χ1n) is 11.2. The van der Waals surface area contributed by atoms with Crippen LogP contribution >= 0.6 is 23.2 Å². The van der Waals surface area contributed by atoms with Crippen LogP contribution in [0.2, 0.25) is 10.0 Å². The van der Waals surface area contributed by atoms with Gasteiger partial charge in [-0.2, -0.15) is 0 Å². The molecule has 0 radical (unpaired) electrons. The van der Waals surface area contributed by atoms with Crippen molar-refractivity contribution in [2.24, 2.45) is 11.1 Å². The highest BCUT2D eigenvalue weighted by molar-refractivity contribution is 6.43. The van der Waals surface area contributed by atoms with Gasteiger partial charge in [0.25, 0.3) is 5.56 Å². The number of aryl methyl sites for hydroxylation is 1. The van der Waals surface area contributed by atoms with Crippen LogP contribution in [0.4, 0.5) is 5.82 Å². The zero-order valence-corrected chi connectivity index (χ0v) is 17.9. The standard InChI is InChI=1S/C21H26Cl2N4O2/c1-12-19(26-9-7-21(8-10-26)11-29-13(2)18(21)24)25-14(3)27(20(12)28)16-6-4-5-15(22)17(16)23/h4-6,13,18H,7-11,24H2,1-3H3/t13-,18+/m1/s1/i1D3. The lowest BCUT2D eigenvalue weighted by atomic mass is 9.73. The molecule has 6 nitrogen and oxygen atoms in total. The van der Waals surface area contributed by atoms with Crippen LogP contribution in [0.25, 0.3) is 5.69 Å². The van der Waals surface area contributed by atoms with Crippen molar-refractivity contribution < 1.29 is 8.85 Å². The second-order valence-corrected chi connectivity index (χ2v) is 8.75. The fourth-order valence-corrected chi connectivity index (χ4v) is 4.81. The van der Waals surface area contributed by atoms with Gasteiger partial charge in [0.05, 0.1) is 34.0 Å². The van der Waals surface area contributed by atoms with Gasteiger partial charge in [0.15, 0.2) is 0 Å². The van der Waals surface area contributed by atoms with Crippen LogP contribution < -0.4 is 16.2 Å². The fourth-order valence-electron chi connectivity index (χ4n) is 4.43. The maximum atomic E-state index is 13.5. The summed E-state index contributed by atoms with van der Waals surface area (Å²) in [4.78, 5) is 20.0. The first kappa shape index (κ1) is 17.1. The predicted molar refractivity (Wildman–Crippen MR) is 117 cm³/mol. The van der Waals surface area contributed by atoms with Gasteiger partial charge >= 0.3 is 0 Å². The van der Waals surface area contributed by atoms with Crippen molar-refractivity contribution in [1.29, 1.82) is 0 Å². The van der Waals surface area contributed by atoms with Gasteiger partial charge in [-0.05, 0) is 45.7 Å². The maximum Gasteiger partial charge on any atom is 0.263 e. The molecule has 0 aliphatic carbocycles. The quantitative estimate of drug-likeness (QED) is 0.774. The van der Waals surface area contributed by atoms with E-state index in [0.29, 0.717) is 31.2 Å². The first-order chi connectivity index (χ1) is 15.0. The fraction of sp³-hybridized carbons (Fsp3) is 0.524. The van der Waals surface area contributed by atoms with Crippen molar-refractivity contribution >= 4 is 29.0 Å². The van der Waals surface area contributed by atoms with E-state index >= 15 is 0 Å². The minimum Gasteiger partial charge on any atom is -0.376 e. The molecule has 3 heterocycles. The second kappa shape index (κ2) is 7.58. The molecule has 2 fully saturated rings. The van der Waals surface area contributed by atoms with E-state index in [1.54, 1.807) is 25.1 Å². The zero-order chi connectivity index (χ0) is 23.4. The maximum absolute atomic E-state index is 13.5. The van der Waals surface area contributed by atoms with Crippen molar-refractivity contribution in [3.8, 4) is 5.69 Å². The molecule has 0 bridgehead atoms. The van der Waals surface area contributed by atoms with E-state index in [9.17, 15) is 4.79 Å². The predicted octanol–water partition coefficient (Wildman–Crippen LogP) is 3.49. The molecule has 2 saturated heterocycles. The van der Waals surface area contributed by atoms with Gasteiger partial charge < -0.3 is 15.4 Å². The van der Waals surface area contributed by atoms with Gasteiger partial charge in [-0.1, -0.05) is 29.3 Å². The van der Waals surface area contributed by atoms with Crippen molar-refractivity contribution in [3.63, 3.8) is 0 Å². The van der Waals surface area contributed by atoms with Gasteiger partial charge in [0.2, 0.25) is 0 Å². The van der Waals surface area contributed by atoms with Crippen LogP contribution in [-0.4, -0.2) is 41.4 Å². The zero-order valence-electron chi connectivity index (χ0n) is 19.4. The molecule has 156 valence electrons. The summed E-state index contributed by atoms with van der Waals surface area (Å²) in [5.74, 6) is 0.522. The summed E-state index contributed by atoms with van der Waals surface area (Å²) >= 11 is 12.5. The minimum atomic E-state index is -2.66. The summed E-state index contributed by atoms with van der Waals surface area (Å²) in [5, 5.41) is 0.426. The van der Waals surface area contributed by atoms with E-state index in [0.717, 1.165) is 12.8 Å². The summed E-state index contributed by atoms with van der Waals surface area (Å²) < 4.78 is 31.2. The first-order valence-corrected chi connectivity index (χ1v) is 10.4. The van der Waals surface area contributed by atoms with Gasteiger partial charge in [0.1, 0.15) is 11.6 Å². The number of anilines is 1. The van der Waals surface area contributed by atoms with E-state index in [1.807, 2.05) is 11.8 Å². The molecule has 1 spiro atoms. The Balaban J connectivity index is 1.78. The number of hydrogen-bond donors (Lipinski definition) is 1. The van der Waals surface area contributed by atoms with Crippen LogP contribution in [-0.2, 0) is 4.74 Å². The Labute approximate surface area is 184 Å². The molecular formula is C21H26Cl2N4O2. The Morgan fingerprint density at radius 2 is 2.07 bits per heavy atom. The molecule has 2 aliphatic heterocycles. The van der Waals surface area contributed by atoms with Crippen LogP contribution in [0.3, 0.4) is 0 Å². The molecule has 4 rings (SSSR count). The number of rotatable bonds is 2. The topological polar surface area (TPSA) is 73.4 Å². The lowest BCUT2D eigenvalue weighted by molar-refractivity contribution is 0.0974. The molecule has 0 unspecified atom stereocenters. The number of hydrogen-bond acceptors (Lipinski definition) is 5. The Bertz CT molecular complexity index is 1100. The SMILES string of the molecule is [2H]C([2H])([2H])c1c(N2CCC3(CC2)CO[C@H](C)[C@@H]3N)nc(C)n(-c2cccc(Cl)c2Cl)c1=O. The second-order valence-electron chi connectivity index (χ2n) is 7.96. The van der Waals surface area contributed by atoms with E-state index < -0.39 is 12.4 Å². The van der Waals surface area contributed by atoms with Crippen molar-refractivity contribution in [2.75, 3.05) is 24.6 Å². The highest BCUT2D eigenvalue weighted by Gasteiger charge is 2.47. The highest BCUT2D eigenvalue weighted by atomic mass is 35.5. The molecule has 0 saturated carbocycles. The van der Waals surface area contributed by atoms with E-state index in [2.05, 4.69) is 4.98 Å². The summed E-state index contributed by atoms with van der Waals surface area (Å²) in [6.45, 7) is 2.65. The summed E-state index contributed by atoms with van der Waals surface area (Å²) in [7, 11) is 0. The number of benzene rings is 1. The molecule has 2 aliphatic rings. The number of ether oxygens (including phenoxy) is 1. The number of piperidine rings is 1. The summed E-state index contributed by atoms with van der Waals surface area (Å²) in [6, 6.07) is 4.79. The molecule has 2 N–H and O–H groups in total. The average molecular weight is 440 g/mol. The van der Waals surface area contributed by atoms with Crippen LogP contribution in [0.1, 0.15) is 35.3 Å². The molecule has 0 amide bonds. The lowest BCUT2D eigenvalue weighted by Gasteiger charge is -2.42. The monoisotopic (exact) mass is 439 g/mol. The number of nitrogens with zero attached hydrogens (tertiary/aromatic N) is 3. The molecule has 2 aromatic rings.